The fourth-order valence-electron chi connectivity index (χ4n) is 6.15. The lowest BCUT2D eigenvalue weighted by Gasteiger charge is -2.05. The zero-order valence-electron chi connectivity index (χ0n) is 31.2. The molecule has 0 aliphatic rings. The predicted molar refractivity (Wildman–Crippen MR) is 199 cm³/mol. The van der Waals surface area contributed by atoms with E-state index in [1.54, 1.807) is 12.2 Å². The number of carbonyl (C=O) groups excluding carboxylic acids is 2. The average molecular weight is 649 g/mol. The molecule has 0 bridgehead atoms. The molecule has 0 heterocycles. The summed E-state index contributed by atoms with van der Waals surface area (Å²) in [5.74, 6) is -0.419. The summed E-state index contributed by atoms with van der Waals surface area (Å²) in [6, 6.07) is 0. The van der Waals surface area contributed by atoms with E-state index in [-0.39, 0.29) is 24.8 Å². The Hall–Kier alpha value is -1.32. The van der Waals surface area contributed by atoms with Gasteiger partial charge in [0.2, 0.25) is 0 Å². The van der Waals surface area contributed by atoms with Crippen molar-refractivity contribution in [3.8, 4) is 0 Å². The molecule has 0 aromatic rings. The maximum atomic E-state index is 11.9. The van der Waals surface area contributed by atoms with Crippen molar-refractivity contribution in [2.75, 3.05) is 13.2 Å². The SMILES string of the molecule is CCCCCCCCCCCCCCCCCCOC(=O)CC=CCC(=O)OCCCCCCCCCCCCCCCCCC. The van der Waals surface area contributed by atoms with Crippen molar-refractivity contribution in [3.05, 3.63) is 12.2 Å². The van der Waals surface area contributed by atoms with Gasteiger partial charge in [0.25, 0.3) is 0 Å². The molecule has 0 aliphatic heterocycles. The highest BCUT2D eigenvalue weighted by Gasteiger charge is 2.03. The molecule has 0 aromatic carbocycles. The zero-order valence-corrected chi connectivity index (χ0v) is 31.2. The smallest absolute Gasteiger partial charge is 0.309 e. The van der Waals surface area contributed by atoms with Gasteiger partial charge in [0.15, 0.2) is 0 Å². The van der Waals surface area contributed by atoms with Crippen LogP contribution in [0.2, 0.25) is 0 Å². The fourth-order valence-corrected chi connectivity index (χ4v) is 6.15. The van der Waals surface area contributed by atoms with Crippen LogP contribution < -0.4 is 0 Å². The number of ether oxygens (including phenoxy) is 2. The van der Waals surface area contributed by atoms with Crippen LogP contribution in [0.25, 0.3) is 0 Å². The summed E-state index contributed by atoms with van der Waals surface area (Å²) in [5, 5.41) is 0. The van der Waals surface area contributed by atoms with E-state index < -0.39 is 0 Å². The summed E-state index contributed by atoms with van der Waals surface area (Å²) >= 11 is 0. The standard InChI is InChI=1S/C42H80O4/c1-3-5-7-9-11-13-15-17-19-21-23-25-27-29-31-35-39-45-41(43)37-33-34-38-42(44)46-40-36-32-30-28-26-24-22-20-18-16-14-12-10-8-6-4-2/h33-34H,3-32,35-40H2,1-2H3. The summed E-state index contributed by atoms with van der Waals surface area (Å²) < 4.78 is 10.7. The third-order valence-electron chi connectivity index (χ3n) is 9.26. The second-order valence-electron chi connectivity index (χ2n) is 13.9. The van der Waals surface area contributed by atoms with Crippen LogP contribution in [0.15, 0.2) is 12.2 Å². The van der Waals surface area contributed by atoms with Crippen molar-refractivity contribution in [1.82, 2.24) is 0 Å². The Labute approximate surface area is 288 Å². The van der Waals surface area contributed by atoms with Crippen LogP contribution >= 0.6 is 0 Å². The Morgan fingerprint density at radius 2 is 0.522 bits per heavy atom. The van der Waals surface area contributed by atoms with Crippen molar-refractivity contribution < 1.29 is 19.1 Å². The molecule has 0 fully saturated rings. The first kappa shape index (κ1) is 44.7. The molecule has 0 aromatic heterocycles. The monoisotopic (exact) mass is 649 g/mol. The van der Waals surface area contributed by atoms with Gasteiger partial charge in [-0.05, 0) is 12.8 Å². The van der Waals surface area contributed by atoms with Crippen molar-refractivity contribution in [2.45, 2.75) is 232 Å². The van der Waals surface area contributed by atoms with Crippen LogP contribution in [0.3, 0.4) is 0 Å². The molecule has 0 spiro atoms. The highest BCUT2D eigenvalue weighted by atomic mass is 16.5. The molecule has 0 radical (unpaired) electrons. The highest BCUT2D eigenvalue weighted by Crippen LogP contribution is 2.15. The Bertz CT molecular complexity index is 590. The molecule has 0 atom stereocenters. The molecule has 0 amide bonds. The first-order valence-corrected chi connectivity index (χ1v) is 20.7. The first-order chi connectivity index (χ1) is 22.7. The largest absolute Gasteiger partial charge is 0.465 e. The van der Waals surface area contributed by atoms with Gasteiger partial charge in [-0.15, -0.1) is 0 Å². The lowest BCUT2D eigenvalue weighted by Crippen LogP contribution is -2.05. The van der Waals surface area contributed by atoms with Crippen LogP contribution in [0.4, 0.5) is 0 Å². The summed E-state index contributed by atoms with van der Waals surface area (Å²) in [7, 11) is 0. The maximum Gasteiger partial charge on any atom is 0.309 e. The summed E-state index contributed by atoms with van der Waals surface area (Å²) in [6.45, 7) is 5.57. The van der Waals surface area contributed by atoms with Gasteiger partial charge < -0.3 is 9.47 Å². The molecule has 0 unspecified atom stereocenters. The van der Waals surface area contributed by atoms with E-state index in [9.17, 15) is 9.59 Å². The maximum absolute atomic E-state index is 11.9. The van der Waals surface area contributed by atoms with Crippen LogP contribution in [0, 0.1) is 0 Å². The molecule has 4 nitrogen and oxygen atoms in total. The van der Waals surface area contributed by atoms with E-state index in [2.05, 4.69) is 13.8 Å². The topological polar surface area (TPSA) is 52.6 Å². The molecular formula is C42H80O4. The Morgan fingerprint density at radius 1 is 0.326 bits per heavy atom. The van der Waals surface area contributed by atoms with Crippen molar-refractivity contribution in [2.24, 2.45) is 0 Å². The third-order valence-corrected chi connectivity index (χ3v) is 9.26. The van der Waals surface area contributed by atoms with Gasteiger partial charge in [-0.3, -0.25) is 9.59 Å². The van der Waals surface area contributed by atoms with E-state index >= 15 is 0 Å². The molecule has 0 aliphatic carbocycles. The van der Waals surface area contributed by atoms with E-state index in [0.717, 1.165) is 25.7 Å². The lowest BCUT2D eigenvalue weighted by atomic mass is 10.0. The minimum absolute atomic E-state index is 0.209. The Balaban J connectivity index is 3.31. The van der Waals surface area contributed by atoms with Gasteiger partial charge >= 0.3 is 11.9 Å². The quantitative estimate of drug-likeness (QED) is 0.0380. The van der Waals surface area contributed by atoms with E-state index in [0.29, 0.717) is 13.2 Å². The van der Waals surface area contributed by atoms with Crippen LogP contribution in [0.5, 0.6) is 0 Å². The number of carbonyl (C=O) groups is 2. The number of hydrogen-bond acceptors (Lipinski definition) is 4. The van der Waals surface area contributed by atoms with Gasteiger partial charge in [-0.1, -0.05) is 219 Å². The van der Waals surface area contributed by atoms with Gasteiger partial charge in [-0.25, -0.2) is 0 Å². The summed E-state index contributed by atoms with van der Waals surface area (Å²) in [4.78, 5) is 23.8. The Morgan fingerprint density at radius 3 is 0.739 bits per heavy atom. The number of hydrogen-bond donors (Lipinski definition) is 0. The Kier molecular flexibility index (Phi) is 38.7. The van der Waals surface area contributed by atoms with Gasteiger partial charge in [-0.2, -0.15) is 0 Å². The van der Waals surface area contributed by atoms with Gasteiger partial charge in [0.05, 0.1) is 26.1 Å². The minimum atomic E-state index is -0.209. The average Bonchev–Trinajstić information content (AvgIpc) is 3.06. The second-order valence-corrected chi connectivity index (χ2v) is 13.9. The van der Waals surface area contributed by atoms with Crippen molar-refractivity contribution >= 4 is 11.9 Å². The second kappa shape index (κ2) is 39.9. The van der Waals surface area contributed by atoms with Crippen molar-refractivity contribution in [3.63, 3.8) is 0 Å². The number of rotatable bonds is 38. The van der Waals surface area contributed by atoms with Gasteiger partial charge in [0.1, 0.15) is 0 Å². The summed E-state index contributed by atoms with van der Waals surface area (Å²) in [6.07, 6.45) is 46.7. The zero-order chi connectivity index (χ0) is 33.4. The number of esters is 2. The lowest BCUT2D eigenvalue weighted by molar-refractivity contribution is -0.144. The van der Waals surface area contributed by atoms with Gasteiger partial charge in [0, 0.05) is 0 Å². The van der Waals surface area contributed by atoms with Crippen molar-refractivity contribution in [1.29, 1.82) is 0 Å². The normalized spacial score (nSPS) is 11.4. The molecule has 0 rings (SSSR count). The predicted octanol–water partition coefficient (Wildman–Crippen LogP) is 13.9. The van der Waals surface area contributed by atoms with Crippen LogP contribution in [-0.2, 0) is 19.1 Å². The molecular weight excluding hydrogens is 568 g/mol. The minimum Gasteiger partial charge on any atom is -0.465 e. The molecule has 0 N–H and O–H groups in total. The third kappa shape index (κ3) is 38.9. The molecule has 0 saturated heterocycles. The van der Waals surface area contributed by atoms with E-state index in [1.807, 2.05) is 0 Å². The molecule has 272 valence electrons. The molecule has 4 heteroatoms. The van der Waals surface area contributed by atoms with E-state index in [1.165, 1.54) is 180 Å². The number of unbranched alkanes of at least 4 members (excludes halogenated alkanes) is 30. The summed E-state index contributed by atoms with van der Waals surface area (Å²) in [5.41, 5.74) is 0. The highest BCUT2D eigenvalue weighted by molar-refractivity contribution is 5.73. The fraction of sp³-hybridized carbons (Fsp3) is 0.905. The van der Waals surface area contributed by atoms with Crippen LogP contribution in [0.1, 0.15) is 232 Å². The molecule has 46 heavy (non-hydrogen) atoms. The first-order valence-electron chi connectivity index (χ1n) is 20.7. The van der Waals surface area contributed by atoms with Crippen LogP contribution in [-0.4, -0.2) is 25.2 Å². The molecule has 0 saturated carbocycles. The van der Waals surface area contributed by atoms with E-state index in [4.69, 9.17) is 9.47 Å².